The fourth-order valence-corrected chi connectivity index (χ4v) is 5.41. The Kier molecular flexibility index (Phi) is 5.11. The maximum atomic E-state index is 12.7. The third-order valence-electron chi connectivity index (χ3n) is 4.95. The van der Waals surface area contributed by atoms with Crippen LogP contribution in [0.25, 0.3) is 0 Å². The molecule has 1 aliphatic rings. The molecule has 0 aromatic carbocycles. The van der Waals surface area contributed by atoms with Gasteiger partial charge in [0.25, 0.3) is 0 Å². The predicted molar refractivity (Wildman–Crippen MR) is 81.8 cm³/mol. The van der Waals surface area contributed by atoms with Crippen LogP contribution in [0.1, 0.15) is 60.8 Å². The van der Waals surface area contributed by atoms with E-state index in [1.54, 1.807) is 0 Å². The Hall–Kier alpha value is -0.0900. The van der Waals surface area contributed by atoms with Gasteiger partial charge in [-0.1, -0.05) is 34.6 Å². The highest BCUT2D eigenvalue weighted by molar-refractivity contribution is 7.92. The predicted octanol–water partition coefficient (Wildman–Crippen LogP) is 2.99. The van der Waals surface area contributed by atoms with Crippen LogP contribution in [-0.2, 0) is 9.84 Å². The monoisotopic (exact) mass is 289 g/mol. The average molecular weight is 289 g/mol. The van der Waals surface area contributed by atoms with Crippen molar-refractivity contribution in [3.05, 3.63) is 0 Å². The number of hydrogen-bond donors (Lipinski definition) is 1. The summed E-state index contributed by atoms with van der Waals surface area (Å²) in [5.41, 5.74) is 6.29. The van der Waals surface area contributed by atoms with Gasteiger partial charge in [0.05, 0.1) is 10.5 Å². The first-order valence-electron chi connectivity index (χ1n) is 7.46. The Morgan fingerprint density at radius 1 is 1.11 bits per heavy atom. The van der Waals surface area contributed by atoms with Gasteiger partial charge >= 0.3 is 0 Å². The smallest absolute Gasteiger partial charge is 0.157 e. The molecule has 0 aromatic heterocycles. The highest BCUT2D eigenvalue weighted by atomic mass is 32.2. The van der Waals surface area contributed by atoms with Crippen molar-refractivity contribution in [1.82, 2.24) is 0 Å². The first kappa shape index (κ1) is 17.0. The third kappa shape index (κ3) is 3.72. The summed E-state index contributed by atoms with van der Waals surface area (Å²) >= 11 is 0. The molecule has 0 amide bonds. The molecule has 0 aromatic rings. The van der Waals surface area contributed by atoms with Crippen molar-refractivity contribution < 1.29 is 8.42 Å². The highest BCUT2D eigenvalue weighted by Crippen LogP contribution is 2.40. The Balaban J connectivity index is 2.97. The van der Waals surface area contributed by atoms with Crippen LogP contribution in [0, 0.1) is 17.3 Å². The van der Waals surface area contributed by atoms with Gasteiger partial charge < -0.3 is 5.73 Å². The fraction of sp³-hybridized carbons (Fsp3) is 1.00. The molecule has 114 valence electrons. The molecule has 3 nitrogen and oxygen atoms in total. The SMILES string of the molecule is CC(C)C(C)S(=O)(=O)C1CC(C(C)(C)C)CCC1N. The minimum absolute atomic E-state index is 0.146. The van der Waals surface area contributed by atoms with Crippen molar-refractivity contribution >= 4 is 9.84 Å². The summed E-state index contributed by atoms with van der Waals surface area (Å²) in [5.74, 6) is 0.596. The van der Waals surface area contributed by atoms with Crippen LogP contribution >= 0.6 is 0 Å². The highest BCUT2D eigenvalue weighted by Gasteiger charge is 2.43. The van der Waals surface area contributed by atoms with E-state index in [0.29, 0.717) is 5.92 Å². The Morgan fingerprint density at radius 3 is 2.05 bits per heavy atom. The van der Waals surface area contributed by atoms with Crippen molar-refractivity contribution in [2.75, 3.05) is 0 Å². The van der Waals surface area contributed by atoms with Crippen LogP contribution in [-0.4, -0.2) is 25.0 Å². The molecule has 1 fully saturated rings. The minimum Gasteiger partial charge on any atom is -0.327 e. The lowest BCUT2D eigenvalue weighted by atomic mass is 9.71. The molecule has 4 heteroatoms. The quantitative estimate of drug-likeness (QED) is 0.869. The average Bonchev–Trinajstić information content (AvgIpc) is 2.26. The van der Waals surface area contributed by atoms with E-state index < -0.39 is 9.84 Å². The summed E-state index contributed by atoms with van der Waals surface area (Å²) in [7, 11) is -3.13. The van der Waals surface area contributed by atoms with Crippen molar-refractivity contribution in [2.24, 2.45) is 23.0 Å². The second-order valence-electron chi connectivity index (χ2n) is 7.62. The molecular formula is C15H31NO2S. The van der Waals surface area contributed by atoms with Crippen LogP contribution in [0.15, 0.2) is 0 Å². The lowest BCUT2D eigenvalue weighted by molar-refractivity contribution is 0.171. The Bertz CT molecular complexity index is 395. The molecule has 1 rings (SSSR count). The van der Waals surface area contributed by atoms with Crippen LogP contribution < -0.4 is 5.73 Å². The number of sulfone groups is 1. The van der Waals surface area contributed by atoms with E-state index in [-0.39, 0.29) is 27.9 Å². The van der Waals surface area contributed by atoms with Gasteiger partial charge in [0.15, 0.2) is 9.84 Å². The minimum atomic E-state index is -3.13. The zero-order valence-corrected chi connectivity index (χ0v) is 14.1. The summed E-state index contributed by atoms with van der Waals surface area (Å²) in [6, 6.07) is -0.190. The maximum Gasteiger partial charge on any atom is 0.157 e. The van der Waals surface area contributed by atoms with Gasteiger partial charge in [0.2, 0.25) is 0 Å². The zero-order chi connectivity index (χ0) is 15.0. The van der Waals surface area contributed by atoms with E-state index >= 15 is 0 Å². The molecule has 0 spiro atoms. The van der Waals surface area contributed by atoms with Crippen molar-refractivity contribution in [3.8, 4) is 0 Å². The lowest BCUT2D eigenvalue weighted by Crippen LogP contribution is -2.50. The molecule has 1 saturated carbocycles. The second kappa shape index (κ2) is 5.72. The topological polar surface area (TPSA) is 60.2 Å². The van der Waals surface area contributed by atoms with E-state index in [0.717, 1.165) is 19.3 Å². The first-order valence-corrected chi connectivity index (χ1v) is 9.07. The molecule has 19 heavy (non-hydrogen) atoms. The largest absolute Gasteiger partial charge is 0.327 e. The third-order valence-corrected chi connectivity index (χ3v) is 7.91. The lowest BCUT2D eigenvalue weighted by Gasteiger charge is -2.41. The van der Waals surface area contributed by atoms with E-state index in [9.17, 15) is 8.42 Å². The molecule has 4 unspecified atom stereocenters. The number of rotatable bonds is 3. The molecule has 0 heterocycles. The van der Waals surface area contributed by atoms with Crippen molar-refractivity contribution in [3.63, 3.8) is 0 Å². The summed E-state index contributed by atoms with van der Waals surface area (Å²) in [6.45, 7) is 12.4. The van der Waals surface area contributed by atoms with Crippen LogP contribution in [0.4, 0.5) is 0 Å². The first-order chi connectivity index (χ1) is 8.48. The van der Waals surface area contributed by atoms with Gasteiger partial charge in [-0.15, -0.1) is 0 Å². The molecule has 0 saturated heterocycles. The molecule has 0 radical (unpaired) electrons. The Labute approximate surface area is 119 Å². The fourth-order valence-electron chi connectivity index (χ4n) is 2.97. The van der Waals surface area contributed by atoms with Crippen LogP contribution in [0.5, 0.6) is 0 Å². The second-order valence-corrected chi connectivity index (χ2v) is 10.1. The van der Waals surface area contributed by atoms with Gasteiger partial charge in [0.1, 0.15) is 0 Å². The number of nitrogens with two attached hydrogens (primary N) is 1. The van der Waals surface area contributed by atoms with Gasteiger partial charge in [0, 0.05) is 6.04 Å². The van der Waals surface area contributed by atoms with E-state index in [1.165, 1.54) is 0 Å². The van der Waals surface area contributed by atoms with E-state index in [1.807, 2.05) is 20.8 Å². The van der Waals surface area contributed by atoms with Crippen molar-refractivity contribution in [1.29, 1.82) is 0 Å². The standard InChI is InChI=1S/C15H31NO2S/c1-10(2)11(3)19(17,18)14-9-12(15(4,5)6)7-8-13(14)16/h10-14H,7-9,16H2,1-6H3. The summed E-state index contributed by atoms with van der Waals surface area (Å²) in [4.78, 5) is 0. The van der Waals surface area contributed by atoms with E-state index in [4.69, 9.17) is 5.73 Å². The summed E-state index contributed by atoms with van der Waals surface area (Å²) in [5, 5.41) is -0.662. The van der Waals surface area contributed by atoms with Gasteiger partial charge in [-0.25, -0.2) is 8.42 Å². The van der Waals surface area contributed by atoms with Gasteiger partial charge in [-0.05, 0) is 43.4 Å². The number of hydrogen-bond acceptors (Lipinski definition) is 3. The van der Waals surface area contributed by atoms with Crippen molar-refractivity contribution in [2.45, 2.75) is 77.3 Å². The Morgan fingerprint density at radius 2 is 1.63 bits per heavy atom. The van der Waals surface area contributed by atoms with Gasteiger partial charge in [-0.2, -0.15) is 0 Å². The maximum absolute atomic E-state index is 12.7. The summed E-state index contributed by atoms with van der Waals surface area (Å²) in [6.07, 6.45) is 2.60. The molecule has 0 aliphatic heterocycles. The molecule has 2 N–H and O–H groups in total. The molecule has 1 aliphatic carbocycles. The zero-order valence-electron chi connectivity index (χ0n) is 13.3. The van der Waals surface area contributed by atoms with Crippen LogP contribution in [0.3, 0.4) is 0 Å². The van der Waals surface area contributed by atoms with E-state index in [2.05, 4.69) is 20.8 Å². The molecule has 4 atom stereocenters. The van der Waals surface area contributed by atoms with Crippen LogP contribution in [0.2, 0.25) is 0 Å². The normalized spacial score (nSPS) is 31.5. The molecular weight excluding hydrogens is 258 g/mol. The van der Waals surface area contributed by atoms with Gasteiger partial charge in [-0.3, -0.25) is 0 Å². The summed E-state index contributed by atoms with van der Waals surface area (Å²) < 4.78 is 25.5. The molecule has 0 bridgehead atoms.